The van der Waals surface area contributed by atoms with Gasteiger partial charge in [0.2, 0.25) is 5.24 Å². The molecular formula is C11H10Cl2O. The van der Waals surface area contributed by atoms with Crippen LogP contribution in [0, 0.1) is 5.41 Å². The van der Waals surface area contributed by atoms with Crippen LogP contribution in [0.5, 0.6) is 0 Å². The van der Waals surface area contributed by atoms with Crippen molar-refractivity contribution in [2.75, 3.05) is 0 Å². The van der Waals surface area contributed by atoms with Crippen LogP contribution in [-0.4, -0.2) is 5.24 Å². The van der Waals surface area contributed by atoms with E-state index in [1.165, 1.54) is 0 Å². The minimum absolute atomic E-state index is 0.201. The molecule has 1 saturated carbocycles. The van der Waals surface area contributed by atoms with Crippen LogP contribution in [0.4, 0.5) is 0 Å². The smallest absolute Gasteiger partial charge is 0.228 e. The van der Waals surface area contributed by atoms with E-state index >= 15 is 0 Å². The molecule has 0 radical (unpaired) electrons. The molecule has 74 valence electrons. The van der Waals surface area contributed by atoms with Crippen LogP contribution in [0.15, 0.2) is 24.3 Å². The maximum Gasteiger partial charge on any atom is 0.228 e. The summed E-state index contributed by atoms with van der Waals surface area (Å²) in [4.78, 5) is 11.1. The topological polar surface area (TPSA) is 17.1 Å². The van der Waals surface area contributed by atoms with Crippen molar-refractivity contribution in [1.29, 1.82) is 0 Å². The average molecular weight is 229 g/mol. The number of carbonyl (C=O) groups excluding carboxylic acids is 1. The SMILES string of the molecule is O=C(Cl)C1(Cc2ccc(Cl)cc2)CC1. The Bertz CT molecular complexity index is 352. The van der Waals surface area contributed by atoms with E-state index < -0.39 is 0 Å². The molecule has 1 aliphatic carbocycles. The highest BCUT2D eigenvalue weighted by Gasteiger charge is 2.48. The van der Waals surface area contributed by atoms with E-state index in [0.29, 0.717) is 0 Å². The number of carbonyl (C=O) groups is 1. The summed E-state index contributed by atoms with van der Waals surface area (Å²) in [5, 5.41) is 0.517. The summed E-state index contributed by atoms with van der Waals surface area (Å²) in [6, 6.07) is 7.57. The maximum atomic E-state index is 11.1. The third-order valence-corrected chi connectivity index (χ3v) is 3.38. The standard InChI is InChI=1S/C11H10Cl2O/c12-9-3-1-8(2-4-9)7-11(5-6-11)10(13)14/h1-4H,5-7H2. The summed E-state index contributed by atoms with van der Waals surface area (Å²) in [7, 11) is 0. The zero-order valence-corrected chi connectivity index (χ0v) is 9.11. The molecule has 2 rings (SSSR count). The van der Waals surface area contributed by atoms with E-state index in [-0.39, 0.29) is 10.7 Å². The van der Waals surface area contributed by atoms with Crippen molar-refractivity contribution in [2.45, 2.75) is 19.3 Å². The van der Waals surface area contributed by atoms with E-state index in [4.69, 9.17) is 23.2 Å². The van der Waals surface area contributed by atoms with Crippen LogP contribution < -0.4 is 0 Å². The molecule has 0 saturated heterocycles. The van der Waals surface area contributed by atoms with Gasteiger partial charge in [-0.05, 0) is 48.6 Å². The van der Waals surface area contributed by atoms with Gasteiger partial charge >= 0.3 is 0 Å². The Kier molecular flexibility index (Phi) is 2.54. The Morgan fingerprint density at radius 1 is 1.29 bits per heavy atom. The predicted molar refractivity (Wildman–Crippen MR) is 57.7 cm³/mol. The molecular weight excluding hydrogens is 219 g/mol. The molecule has 0 heterocycles. The molecule has 0 spiro atoms. The highest BCUT2D eigenvalue weighted by atomic mass is 35.5. The molecule has 1 nitrogen and oxygen atoms in total. The number of hydrogen-bond acceptors (Lipinski definition) is 1. The lowest BCUT2D eigenvalue weighted by Crippen LogP contribution is -2.12. The van der Waals surface area contributed by atoms with Gasteiger partial charge in [0, 0.05) is 10.4 Å². The highest BCUT2D eigenvalue weighted by molar-refractivity contribution is 6.65. The summed E-state index contributed by atoms with van der Waals surface area (Å²) < 4.78 is 0. The molecule has 0 aliphatic heterocycles. The number of benzene rings is 1. The van der Waals surface area contributed by atoms with Gasteiger partial charge in [0.1, 0.15) is 0 Å². The maximum absolute atomic E-state index is 11.1. The minimum atomic E-state index is -0.268. The minimum Gasteiger partial charge on any atom is -0.281 e. The van der Waals surface area contributed by atoms with Crippen molar-refractivity contribution < 1.29 is 4.79 Å². The third-order valence-electron chi connectivity index (χ3n) is 2.73. The van der Waals surface area contributed by atoms with Crippen molar-refractivity contribution >= 4 is 28.4 Å². The predicted octanol–water partition coefficient (Wildman–Crippen LogP) is 3.43. The number of hydrogen-bond donors (Lipinski definition) is 0. The second-order valence-corrected chi connectivity index (χ2v) is 4.64. The van der Waals surface area contributed by atoms with Crippen molar-refractivity contribution in [3.05, 3.63) is 34.9 Å². The van der Waals surface area contributed by atoms with Gasteiger partial charge in [-0.2, -0.15) is 0 Å². The van der Waals surface area contributed by atoms with E-state index in [0.717, 1.165) is 29.8 Å². The second kappa shape index (κ2) is 3.56. The van der Waals surface area contributed by atoms with Gasteiger partial charge in [0.25, 0.3) is 0 Å². The summed E-state index contributed by atoms with van der Waals surface area (Å²) in [5.41, 5.74) is 0.857. The van der Waals surface area contributed by atoms with E-state index in [9.17, 15) is 4.79 Å². The normalized spacial score (nSPS) is 17.9. The second-order valence-electron chi connectivity index (χ2n) is 3.86. The van der Waals surface area contributed by atoms with Crippen LogP contribution in [0.2, 0.25) is 5.02 Å². The van der Waals surface area contributed by atoms with Crippen molar-refractivity contribution in [2.24, 2.45) is 5.41 Å². The molecule has 0 aromatic heterocycles. The van der Waals surface area contributed by atoms with Gasteiger partial charge in [0.05, 0.1) is 0 Å². The van der Waals surface area contributed by atoms with E-state index in [1.54, 1.807) is 0 Å². The summed E-state index contributed by atoms with van der Waals surface area (Å²) in [6.45, 7) is 0. The van der Waals surface area contributed by atoms with E-state index in [1.807, 2.05) is 24.3 Å². The van der Waals surface area contributed by atoms with Crippen molar-refractivity contribution in [3.63, 3.8) is 0 Å². The first-order valence-corrected chi connectivity index (χ1v) is 5.32. The zero-order valence-electron chi connectivity index (χ0n) is 7.59. The average Bonchev–Trinajstić information content (AvgIpc) is 2.90. The van der Waals surface area contributed by atoms with Gasteiger partial charge in [-0.3, -0.25) is 4.79 Å². The molecule has 0 unspecified atom stereocenters. The molecule has 3 heteroatoms. The van der Waals surface area contributed by atoms with Crippen LogP contribution in [-0.2, 0) is 11.2 Å². The lowest BCUT2D eigenvalue weighted by Gasteiger charge is -2.09. The first-order chi connectivity index (χ1) is 6.62. The number of rotatable bonds is 3. The highest BCUT2D eigenvalue weighted by Crippen LogP contribution is 2.50. The Balaban J connectivity index is 2.11. The largest absolute Gasteiger partial charge is 0.281 e. The molecule has 0 N–H and O–H groups in total. The molecule has 14 heavy (non-hydrogen) atoms. The zero-order chi connectivity index (χ0) is 10.2. The first-order valence-electron chi connectivity index (χ1n) is 4.57. The fourth-order valence-electron chi connectivity index (χ4n) is 1.59. The lowest BCUT2D eigenvalue weighted by atomic mass is 9.98. The molecule has 1 aromatic rings. The third kappa shape index (κ3) is 1.94. The molecule has 1 aromatic carbocycles. The van der Waals surface area contributed by atoms with Crippen LogP contribution >= 0.6 is 23.2 Å². The van der Waals surface area contributed by atoms with Crippen LogP contribution in [0.1, 0.15) is 18.4 Å². The van der Waals surface area contributed by atoms with Crippen LogP contribution in [0.3, 0.4) is 0 Å². The van der Waals surface area contributed by atoms with Gasteiger partial charge < -0.3 is 0 Å². The summed E-state index contributed by atoms with van der Waals surface area (Å²) in [5.74, 6) is 0. The molecule has 0 atom stereocenters. The quantitative estimate of drug-likeness (QED) is 0.725. The lowest BCUT2D eigenvalue weighted by molar-refractivity contribution is -0.116. The number of halogens is 2. The van der Waals surface area contributed by atoms with Gasteiger partial charge in [-0.1, -0.05) is 23.7 Å². The molecule has 1 fully saturated rings. The van der Waals surface area contributed by atoms with Crippen molar-refractivity contribution in [1.82, 2.24) is 0 Å². The van der Waals surface area contributed by atoms with Gasteiger partial charge in [0.15, 0.2) is 0 Å². The Morgan fingerprint density at radius 2 is 1.86 bits per heavy atom. The Labute approximate surface area is 93.0 Å². The molecule has 1 aliphatic rings. The van der Waals surface area contributed by atoms with Crippen LogP contribution in [0.25, 0.3) is 0 Å². The fourth-order valence-corrected chi connectivity index (χ4v) is 1.97. The fraction of sp³-hybridized carbons (Fsp3) is 0.364. The first kappa shape index (κ1) is 10.0. The summed E-state index contributed by atoms with van der Waals surface area (Å²) in [6.07, 6.45) is 2.57. The molecule has 0 amide bonds. The van der Waals surface area contributed by atoms with E-state index in [2.05, 4.69) is 0 Å². The summed E-state index contributed by atoms with van der Waals surface area (Å²) >= 11 is 11.3. The van der Waals surface area contributed by atoms with Crippen molar-refractivity contribution in [3.8, 4) is 0 Å². The van der Waals surface area contributed by atoms with Gasteiger partial charge in [-0.15, -0.1) is 0 Å². The molecule has 0 bridgehead atoms. The van der Waals surface area contributed by atoms with Gasteiger partial charge in [-0.25, -0.2) is 0 Å². The monoisotopic (exact) mass is 228 g/mol. The Morgan fingerprint density at radius 3 is 2.29 bits per heavy atom. The Hall–Kier alpha value is -0.530.